The van der Waals surface area contributed by atoms with Crippen LogP contribution < -0.4 is 11.1 Å². The van der Waals surface area contributed by atoms with Crippen molar-refractivity contribution in [3.63, 3.8) is 0 Å². The molecule has 0 atom stereocenters. The predicted molar refractivity (Wildman–Crippen MR) is 129 cm³/mol. The Morgan fingerprint density at radius 1 is 1.22 bits per heavy atom. The van der Waals surface area contributed by atoms with E-state index in [0.29, 0.717) is 11.1 Å². The molecule has 2 amide bonds. The lowest BCUT2D eigenvalue weighted by Gasteiger charge is -2.11. The highest BCUT2D eigenvalue weighted by atomic mass is 35.5. The molecule has 0 saturated carbocycles. The third-order valence-electron chi connectivity index (χ3n) is 5.43. The summed E-state index contributed by atoms with van der Waals surface area (Å²) in [4.78, 5) is 28.9. The number of aryl methyl sites for hydroxylation is 1. The Labute approximate surface area is 215 Å². The summed E-state index contributed by atoms with van der Waals surface area (Å²) in [6.45, 7) is 1.08. The van der Waals surface area contributed by atoms with Crippen molar-refractivity contribution < 1.29 is 31.5 Å². The van der Waals surface area contributed by atoms with Crippen molar-refractivity contribution in [2.24, 2.45) is 5.73 Å². The van der Waals surface area contributed by atoms with Crippen molar-refractivity contribution in [3.05, 3.63) is 63.4 Å². The number of hydrogen-bond donors (Lipinski definition) is 2. The van der Waals surface area contributed by atoms with Gasteiger partial charge in [-0.3, -0.25) is 14.3 Å². The van der Waals surface area contributed by atoms with Crippen LogP contribution in [0.15, 0.2) is 36.4 Å². The molecule has 3 heterocycles. The summed E-state index contributed by atoms with van der Waals surface area (Å²) in [6, 6.07) is 9.61. The van der Waals surface area contributed by atoms with Gasteiger partial charge in [0.25, 0.3) is 12.3 Å². The maximum absolute atomic E-state index is 13.6. The maximum Gasteiger partial charge on any atom is 0.436 e. The summed E-state index contributed by atoms with van der Waals surface area (Å²) in [7, 11) is 0. The van der Waals surface area contributed by atoms with Gasteiger partial charge in [0.05, 0.1) is 22.9 Å². The zero-order valence-corrected chi connectivity index (χ0v) is 20.4. The maximum atomic E-state index is 13.6. The lowest BCUT2D eigenvalue weighted by atomic mass is 10.0. The molecule has 14 heteroatoms. The third-order valence-corrected chi connectivity index (χ3v) is 6.98. The Kier molecular flexibility index (Phi) is 7.20. The molecule has 0 unspecified atom stereocenters. The molecule has 3 N–H and O–H groups in total. The highest BCUT2D eigenvalue weighted by Gasteiger charge is 2.38. The Morgan fingerprint density at radius 3 is 2.46 bits per heavy atom. The van der Waals surface area contributed by atoms with Crippen molar-refractivity contribution in [2.45, 2.75) is 32.5 Å². The molecule has 0 radical (unpaired) electrons. The number of benzene rings is 1. The molecular formula is C23H17ClF5N5O2S. The lowest BCUT2D eigenvalue weighted by molar-refractivity contribution is -0.141. The summed E-state index contributed by atoms with van der Waals surface area (Å²) in [6.07, 6.45) is -8.00. The minimum Gasteiger partial charge on any atom is -0.365 e. The van der Waals surface area contributed by atoms with Gasteiger partial charge in [0.2, 0.25) is 5.91 Å². The summed E-state index contributed by atoms with van der Waals surface area (Å²) >= 11 is 6.49. The molecule has 1 aromatic carbocycles. The van der Waals surface area contributed by atoms with Crippen LogP contribution in [0.25, 0.3) is 21.3 Å². The number of primary amides is 1. The number of nitrogens with two attached hydrogens (primary N) is 1. The average Bonchev–Trinajstić information content (AvgIpc) is 3.35. The van der Waals surface area contributed by atoms with Gasteiger partial charge in [-0.25, -0.2) is 13.8 Å². The number of carbonyl (C=O) groups excluding carboxylic acids is 2. The molecule has 4 rings (SSSR count). The van der Waals surface area contributed by atoms with E-state index in [1.54, 1.807) is 30.3 Å². The van der Waals surface area contributed by atoms with E-state index in [4.69, 9.17) is 17.3 Å². The Morgan fingerprint density at radius 2 is 1.89 bits per heavy atom. The second-order valence-corrected chi connectivity index (χ2v) is 9.26. The molecular weight excluding hydrogens is 541 g/mol. The zero-order chi connectivity index (χ0) is 27.1. The van der Waals surface area contributed by atoms with E-state index >= 15 is 0 Å². The number of nitrogens with zero attached hydrogens (tertiary/aromatic N) is 3. The second kappa shape index (κ2) is 10.1. The molecule has 0 aliphatic carbocycles. The molecule has 194 valence electrons. The van der Waals surface area contributed by atoms with Crippen LogP contribution >= 0.6 is 22.9 Å². The number of amides is 2. The molecule has 7 nitrogen and oxygen atoms in total. The monoisotopic (exact) mass is 557 g/mol. The number of hydrogen-bond acceptors (Lipinski definition) is 5. The smallest absolute Gasteiger partial charge is 0.365 e. The first-order chi connectivity index (χ1) is 17.4. The minimum atomic E-state index is -4.76. The highest BCUT2D eigenvalue weighted by Crippen LogP contribution is 2.42. The first-order valence-corrected chi connectivity index (χ1v) is 11.8. The van der Waals surface area contributed by atoms with E-state index in [-0.39, 0.29) is 39.4 Å². The SMILES string of the molecule is Cc1c(Cl)c(C(F)(F)F)nn1CCC(=O)Nc1c(C(N)=O)sc2nc(C(F)F)cc(-c3ccccc3)c12. The van der Waals surface area contributed by atoms with Crippen molar-refractivity contribution in [1.29, 1.82) is 0 Å². The molecule has 0 bridgehead atoms. The Bertz CT molecular complexity index is 1500. The Balaban J connectivity index is 1.72. The minimum absolute atomic E-state index is 0.0177. The van der Waals surface area contributed by atoms with Crippen LogP contribution in [0.2, 0.25) is 5.02 Å². The van der Waals surface area contributed by atoms with E-state index < -0.39 is 40.8 Å². The first-order valence-electron chi connectivity index (χ1n) is 10.6. The third kappa shape index (κ3) is 5.27. The van der Waals surface area contributed by atoms with Crippen LogP contribution in [0.3, 0.4) is 0 Å². The number of thiophene rings is 1. The van der Waals surface area contributed by atoms with Crippen LogP contribution in [-0.4, -0.2) is 26.6 Å². The van der Waals surface area contributed by atoms with E-state index in [9.17, 15) is 31.5 Å². The largest absolute Gasteiger partial charge is 0.436 e. The van der Waals surface area contributed by atoms with Crippen molar-refractivity contribution in [1.82, 2.24) is 14.8 Å². The lowest BCUT2D eigenvalue weighted by Crippen LogP contribution is -2.19. The summed E-state index contributed by atoms with van der Waals surface area (Å²) in [5.41, 5.74) is 4.54. The number of aromatic nitrogens is 3. The summed E-state index contributed by atoms with van der Waals surface area (Å²) in [5.74, 6) is -1.60. The topological polar surface area (TPSA) is 103 Å². The van der Waals surface area contributed by atoms with Crippen LogP contribution in [0.4, 0.5) is 27.6 Å². The molecule has 0 aliphatic rings. The van der Waals surface area contributed by atoms with Gasteiger partial charge in [-0.1, -0.05) is 41.9 Å². The average molecular weight is 558 g/mol. The van der Waals surface area contributed by atoms with E-state index in [1.807, 2.05) is 0 Å². The van der Waals surface area contributed by atoms with E-state index in [0.717, 1.165) is 16.0 Å². The van der Waals surface area contributed by atoms with Crippen molar-refractivity contribution in [2.75, 3.05) is 5.32 Å². The fourth-order valence-electron chi connectivity index (χ4n) is 3.70. The van der Waals surface area contributed by atoms with Crippen LogP contribution in [0.1, 0.15) is 39.6 Å². The van der Waals surface area contributed by atoms with Gasteiger partial charge >= 0.3 is 6.18 Å². The molecule has 0 aliphatic heterocycles. The van der Waals surface area contributed by atoms with Gasteiger partial charge < -0.3 is 11.1 Å². The highest BCUT2D eigenvalue weighted by molar-refractivity contribution is 7.21. The quantitative estimate of drug-likeness (QED) is 0.264. The van der Waals surface area contributed by atoms with Gasteiger partial charge in [0.1, 0.15) is 15.4 Å². The number of pyridine rings is 1. The first kappa shape index (κ1) is 26.5. The Hall–Kier alpha value is -3.58. The second-order valence-electron chi connectivity index (χ2n) is 7.88. The van der Waals surface area contributed by atoms with Crippen molar-refractivity contribution in [3.8, 4) is 11.1 Å². The van der Waals surface area contributed by atoms with Crippen LogP contribution in [0.5, 0.6) is 0 Å². The zero-order valence-electron chi connectivity index (χ0n) is 18.9. The summed E-state index contributed by atoms with van der Waals surface area (Å²) in [5, 5.41) is 5.68. The van der Waals surface area contributed by atoms with Gasteiger partial charge in [-0.05, 0) is 24.1 Å². The van der Waals surface area contributed by atoms with Gasteiger partial charge in [0, 0.05) is 11.8 Å². The molecule has 3 aromatic heterocycles. The molecule has 0 saturated heterocycles. The number of carbonyl (C=O) groups is 2. The molecule has 0 fully saturated rings. The number of halogens is 6. The van der Waals surface area contributed by atoms with Crippen LogP contribution in [-0.2, 0) is 17.5 Å². The van der Waals surface area contributed by atoms with E-state index in [2.05, 4.69) is 15.4 Å². The van der Waals surface area contributed by atoms with Gasteiger partial charge in [-0.2, -0.15) is 18.3 Å². The van der Waals surface area contributed by atoms with Gasteiger partial charge in [-0.15, -0.1) is 11.3 Å². The van der Waals surface area contributed by atoms with Crippen LogP contribution in [0, 0.1) is 6.92 Å². The van der Waals surface area contributed by atoms with E-state index in [1.165, 1.54) is 13.0 Å². The number of fused-ring (bicyclic) bond motifs is 1. The number of rotatable bonds is 7. The molecule has 37 heavy (non-hydrogen) atoms. The number of alkyl halides is 5. The fraction of sp³-hybridized carbons (Fsp3) is 0.217. The number of nitrogens with one attached hydrogen (secondary N) is 1. The predicted octanol–water partition coefficient (Wildman–Crippen LogP) is 6.21. The molecule has 4 aromatic rings. The standard InChI is InChI=1S/C23H17ClF5N5O2S/c1-10-16(24)19(23(27,28)29)33-34(10)8-7-14(35)32-17-15-12(11-5-3-2-4-6-11)9-13(20(25)26)31-22(15)37-18(17)21(30)36/h2-6,9,20H,7-8H2,1H3,(H2,30,36)(H,32,35). The fourth-order valence-corrected chi connectivity index (χ4v) is 4.96. The normalized spacial score (nSPS) is 11.9. The number of anilines is 1. The molecule has 0 spiro atoms. The van der Waals surface area contributed by atoms with Gasteiger partial charge in [0.15, 0.2) is 5.69 Å². The van der Waals surface area contributed by atoms with Crippen molar-refractivity contribution >= 4 is 50.7 Å². The summed E-state index contributed by atoms with van der Waals surface area (Å²) < 4.78 is 67.3.